The van der Waals surface area contributed by atoms with Crippen molar-refractivity contribution >= 4 is 11.7 Å². The Morgan fingerprint density at radius 2 is 2.04 bits per heavy atom. The van der Waals surface area contributed by atoms with E-state index in [1.54, 1.807) is 30.3 Å². The highest BCUT2D eigenvalue weighted by atomic mass is 19.1. The summed E-state index contributed by atoms with van der Waals surface area (Å²) in [5.74, 6) is -0.315. The van der Waals surface area contributed by atoms with E-state index in [-0.39, 0.29) is 11.8 Å². The molecule has 0 aliphatic carbocycles. The van der Waals surface area contributed by atoms with Crippen LogP contribution in [0.2, 0.25) is 0 Å². The number of hydrogen-bond donors (Lipinski definition) is 1. The number of aryl methyl sites for hydroxylation is 1. The number of pyridine rings is 1. The van der Waals surface area contributed by atoms with Crippen LogP contribution in [0.5, 0.6) is 0 Å². The monoisotopic (exact) mass is 330 g/mol. The van der Waals surface area contributed by atoms with Crippen molar-refractivity contribution in [2.24, 2.45) is 0 Å². The molecular formula is C18H23FN4O. The number of urea groups is 1. The molecule has 1 aromatic carbocycles. The number of aromatic nitrogens is 1. The second-order valence-electron chi connectivity index (χ2n) is 5.98. The van der Waals surface area contributed by atoms with Gasteiger partial charge in [-0.1, -0.05) is 6.07 Å². The summed E-state index contributed by atoms with van der Waals surface area (Å²) in [6.07, 6.45) is 3.45. The van der Waals surface area contributed by atoms with Crippen molar-refractivity contribution in [1.82, 2.24) is 14.8 Å². The summed E-state index contributed by atoms with van der Waals surface area (Å²) < 4.78 is 13.2. The number of anilines is 1. The zero-order valence-electron chi connectivity index (χ0n) is 14.3. The van der Waals surface area contributed by atoms with Gasteiger partial charge in [-0.25, -0.2) is 9.18 Å². The van der Waals surface area contributed by atoms with E-state index >= 15 is 0 Å². The van der Waals surface area contributed by atoms with Crippen molar-refractivity contribution in [3.63, 3.8) is 0 Å². The molecule has 0 unspecified atom stereocenters. The highest BCUT2D eigenvalue weighted by molar-refractivity contribution is 5.90. The van der Waals surface area contributed by atoms with Crippen LogP contribution in [0.1, 0.15) is 11.1 Å². The number of likely N-dealkylation sites (N-methyl/N-ethyl adjacent to an activating group) is 1. The lowest BCUT2D eigenvalue weighted by molar-refractivity contribution is 0.202. The zero-order valence-corrected chi connectivity index (χ0v) is 14.3. The van der Waals surface area contributed by atoms with Gasteiger partial charge in [0, 0.05) is 37.7 Å². The Morgan fingerprint density at radius 1 is 1.25 bits per heavy atom. The van der Waals surface area contributed by atoms with Crippen LogP contribution in [0.4, 0.5) is 14.9 Å². The van der Waals surface area contributed by atoms with Crippen molar-refractivity contribution in [1.29, 1.82) is 0 Å². The second-order valence-corrected chi connectivity index (χ2v) is 5.98. The molecule has 24 heavy (non-hydrogen) atoms. The number of carbonyl (C=O) groups is 1. The maximum atomic E-state index is 13.2. The van der Waals surface area contributed by atoms with E-state index < -0.39 is 0 Å². The molecule has 0 aliphatic rings. The van der Waals surface area contributed by atoms with Gasteiger partial charge in [0.2, 0.25) is 0 Å². The predicted molar refractivity (Wildman–Crippen MR) is 93.4 cm³/mol. The van der Waals surface area contributed by atoms with Crippen LogP contribution in [0.3, 0.4) is 0 Å². The van der Waals surface area contributed by atoms with E-state index in [0.717, 1.165) is 12.1 Å². The number of nitrogens with zero attached hydrogens (tertiary/aromatic N) is 3. The first-order valence-corrected chi connectivity index (χ1v) is 7.81. The highest BCUT2D eigenvalue weighted by Crippen LogP contribution is 2.16. The van der Waals surface area contributed by atoms with E-state index in [2.05, 4.69) is 10.3 Å². The molecule has 2 rings (SSSR count). The van der Waals surface area contributed by atoms with E-state index in [1.165, 1.54) is 12.1 Å². The Kier molecular flexibility index (Phi) is 6.26. The minimum Gasteiger partial charge on any atom is -0.319 e. The molecule has 0 saturated carbocycles. The molecule has 0 aliphatic heterocycles. The van der Waals surface area contributed by atoms with Crippen molar-refractivity contribution in [3.05, 3.63) is 59.7 Å². The highest BCUT2D eigenvalue weighted by Gasteiger charge is 2.15. The van der Waals surface area contributed by atoms with E-state index in [1.807, 2.05) is 31.1 Å². The Labute approximate surface area is 142 Å². The molecule has 1 aromatic heterocycles. The van der Waals surface area contributed by atoms with Crippen molar-refractivity contribution in [3.8, 4) is 0 Å². The van der Waals surface area contributed by atoms with Gasteiger partial charge in [-0.2, -0.15) is 0 Å². The first kappa shape index (κ1) is 17.9. The molecule has 2 aromatic rings. The first-order chi connectivity index (χ1) is 11.5. The minimum absolute atomic E-state index is 0.213. The summed E-state index contributed by atoms with van der Waals surface area (Å²) in [4.78, 5) is 20.5. The Morgan fingerprint density at radius 3 is 2.67 bits per heavy atom. The van der Waals surface area contributed by atoms with Crippen molar-refractivity contribution in [2.45, 2.75) is 13.5 Å². The molecule has 0 fully saturated rings. The maximum absolute atomic E-state index is 13.2. The van der Waals surface area contributed by atoms with Crippen LogP contribution >= 0.6 is 0 Å². The number of benzene rings is 1. The molecule has 0 saturated heterocycles. The Balaban J connectivity index is 2.10. The van der Waals surface area contributed by atoms with Gasteiger partial charge >= 0.3 is 6.03 Å². The van der Waals surface area contributed by atoms with Crippen LogP contribution in [0.15, 0.2) is 42.7 Å². The van der Waals surface area contributed by atoms with Gasteiger partial charge in [-0.3, -0.25) is 4.98 Å². The van der Waals surface area contributed by atoms with E-state index in [4.69, 9.17) is 0 Å². The minimum atomic E-state index is -0.315. The standard InChI is InChI=1S/C18H23FN4O/c1-14-11-16(19)6-7-17(14)21-18(24)23(10-9-22(2)3)13-15-5-4-8-20-12-15/h4-8,11-12H,9-10,13H2,1-3H3,(H,21,24). The van der Waals surface area contributed by atoms with Crippen LogP contribution in [-0.4, -0.2) is 48.0 Å². The third-order valence-corrected chi connectivity index (χ3v) is 3.63. The molecule has 2 amide bonds. The van der Waals surface area contributed by atoms with Gasteiger partial charge in [0.1, 0.15) is 5.82 Å². The van der Waals surface area contributed by atoms with Crippen molar-refractivity contribution < 1.29 is 9.18 Å². The van der Waals surface area contributed by atoms with Gasteiger partial charge in [0.15, 0.2) is 0 Å². The fraction of sp³-hybridized carbons (Fsp3) is 0.333. The number of nitrogens with one attached hydrogen (secondary N) is 1. The molecule has 6 heteroatoms. The van der Waals surface area contributed by atoms with Crippen LogP contribution in [0, 0.1) is 12.7 Å². The SMILES string of the molecule is Cc1cc(F)ccc1NC(=O)N(CCN(C)C)Cc1cccnc1. The maximum Gasteiger partial charge on any atom is 0.322 e. The van der Waals surface area contributed by atoms with Crippen molar-refractivity contribution in [2.75, 3.05) is 32.5 Å². The average Bonchev–Trinajstić information content (AvgIpc) is 2.54. The van der Waals surface area contributed by atoms with Gasteiger partial charge in [-0.15, -0.1) is 0 Å². The zero-order chi connectivity index (χ0) is 17.5. The fourth-order valence-electron chi connectivity index (χ4n) is 2.25. The van der Waals surface area contributed by atoms with Gasteiger partial charge in [0.25, 0.3) is 0 Å². The molecule has 0 bridgehead atoms. The molecular weight excluding hydrogens is 307 g/mol. The second kappa shape index (κ2) is 8.40. The van der Waals surface area contributed by atoms with Gasteiger partial charge in [0.05, 0.1) is 0 Å². The largest absolute Gasteiger partial charge is 0.322 e. The summed E-state index contributed by atoms with van der Waals surface area (Å²) in [7, 11) is 3.93. The number of hydrogen-bond acceptors (Lipinski definition) is 3. The quantitative estimate of drug-likeness (QED) is 0.885. The topological polar surface area (TPSA) is 48.5 Å². The molecule has 0 spiro atoms. The third kappa shape index (κ3) is 5.31. The van der Waals surface area contributed by atoms with Gasteiger partial charge < -0.3 is 15.1 Å². The summed E-state index contributed by atoms with van der Waals surface area (Å²) in [6, 6.07) is 7.90. The van der Waals surface area contributed by atoms with Crippen LogP contribution in [0.25, 0.3) is 0 Å². The lowest BCUT2D eigenvalue weighted by Crippen LogP contribution is -2.39. The third-order valence-electron chi connectivity index (χ3n) is 3.63. The Hall–Kier alpha value is -2.47. The molecule has 128 valence electrons. The van der Waals surface area contributed by atoms with Crippen LogP contribution in [-0.2, 0) is 6.54 Å². The first-order valence-electron chi connectivity index (χ1n) is 7.81. The average molecular weight is 330 g/mol. The molecule has 0 atom stereocenters. The number of carbonyl (C=O) groups excluding carboxylic acids is 1. The lowest BCUT2D eigenvalue weighted by atomic mass is 10.2. The number of halogens is 1. The van der Waals surface area contributed by atoms with E-state index in [9.17, 15) is 9.18 Å². The molecule has 1 heterocycles. The fourth-order valence-corrected chi connectivity index (χ4v) is 2.25. The summed E-state index contributed by atoms with van der Waals surface area (Å²) >= 11 is 0. The van der Waals surface area contributed by atoms with Crippen LogP contribution < -0.4 is 5.32 Å². The lowest BCUT2D eigenvalue weighted by Gasteiger charge is -2.25. The summed E-state index contributed by atoms with van der Waals surface area (Å²) in [5, 5.41) is 2.86. The summed E-state index contributed by atoms with van der Waals surface area (Å²) in [6.45, 7) is 3.56. The Bertz CT molecular complexity index is 676. The molecule has 1 N–H and O–H groups in total. The number of amides is 2. The van der Waals surface area contributed by atoms with E-state index in [0.29, 0.717) is 24.3 Å². The van der Waals surface area contributed by atoms with Gasteiger partial charge in [-0.05, 0) is 56.4 Å². The summed E-state index contributed by atoms with van der Waals surface area (Å²) in [5.41, 5.74) is 2.27. The number of rotatable bonds is 6. The molecule has 0 radical (unpaired) electrons. The molecule has 5 nitrogen and oxygen atoms in total. The predicted octanol–water partition coefficient (Wildman–Crippen LogP) is 3.12. The normalized spacial score (nSPS) is 10.7. The smallest absolute Gasteiger partial charge is 0.319 e.